The largest absolute Gasteiger partial charge is 0.461 e. The first kappa shape index (κ1) is 15.0. The highest BCUT2D eigenvalue weighted by molar-refractivity contribution is 14.1. The van der Waals surface area contributed by atoms with Crippen LogP contribution in [0.25, 0.3) is 0 Å². The van der Waals surface area contributed by atoms with E-state index in [9.17, 15) is 4.79 Å². The Morgan fingerprint density at radius 1 is 1.45 bits per heavy atom. The maximum Gasteiger partial charge on any atom is 0.360 e. The normalized spacial score (nSPS) is 12.1. The Hall–Kier alpha value is -1.41. The topological polar surface area (TPSA) is 64.4 Å². The molecular weight excluding hydrogens is 371 g/mol. The van der Waals surface area contributed by atoms with Crippen LogP contribution in [0.1, 0.15) is 34.8 Å². The molecule has 20 heavy (non-hydrogen) atoms. The third kappa shape index (κ3) is 3.57. The van der Waals surface area contributed by atoms with Crippen molar-refractivity contribution in [1.82, 2.24) is 8.51 Å². The number of rotatable bonds is 6. The molecule has 0 spiro atoms. The van der Waals surface area contributed by atoms with Crippen LogP contribution in [0.2, 0.25) is 0 Å². The van der Waals surface area contributed by atoms with Crippen molar-refractivity contribution >= 4 is 28.8 Å². The van der Waals surface area contributed by atoms with Crippen LogP contribution in [0.15, 0.2) is 41.1 Å². The summed E-state index contributed by atoms with van der Waals surface area (Å²) in [5.41, 5.74) is 1.38. The molecule has 0 unspecified atom stereocenters. The summed E-state index contributed by atoms with van der Waals surface area (Å²) in [7, 11) is 0. The van der Waals surface area contributed by atoms with Gasteiger partial charge in [-0.3, -0.25) is 0 Å². The van der Waals surface area contributed by atoms with Crippen molar-refractivity contribution in [2.45, 2.75) is 19.4 Å². The minimum Gasteiger partial charge on any atom is -0.461 e. The monoisotopic (exact) mass is 386 g/mol. The van der Waals surface area contributed by atoms with Crippen molar-refractivity contribution < 1.29 is 13.9 Å². The fourth-order valence-electron chi connectivity index (χ4n) is 1.89. The Morgan fingerprint density at radius 3 is 2.85 bits per heavy atom. The highest BCUT2D eigenvalue weighted by Gasteiger charge is 2.25. The SMILES string of the molecule is CCOC(=O)c1ncoc1[C@H](Cc1ccccc1)NI. The lowest BCUT2D eigenvalue weighted by atomic mass is 10.0. The molecule has 1 aromatic carbocycles. The number of aromatic nitrogens is 1. The Morgan fingerprint density at radius 2 is 2.20 bits per heavy atom. The van der Waals surface area contributed by atoms with Gasteiger partial charge in [-0.1, -0.05) is 30.3 Å². The maximum atomic E-state index is 11.8. The second-order valence-corrected chi connectivity index (χ2v) is 4.76. The summed E-state index contributed by atoms with van der Waals surface area (Å²) in [5, 5.41) is 0. The van der Waals surface area contributed by atoms with Crippen molar-refractivity contribution in [1.29, 1.82) is 0 Å². The summed E-state index contributed by atoms with van der Waals surface area (Å²) in [6.45, 7) is 2.07. The van der Waals surface area contributed by atoms with Crippen molar-refractivity contribution in [3.05, 3.63) is 53.7 Å². The summed E-state index contributed by atoms with van der Waals surface area (Å²) in [4.78, 5) is 15.8. The zero-order chi connectivity index (χ0) is 14.4. The number of ether oxygens (including phenoxy) is 1. The number of nitrogens with zero attached hydrogens (tertiary/aromatic N) is 1. The number of benzene rings is 1. The van der Waals surface area contributed by atoms with Crippen LogP contribution in [0.4, 0.5) is 0 Å². The van der Waals surface area contributed by atoms with E-state index in [0.717, 1.165) is 5.56 Å². The van der Waals surface area contributed by atoms with E-state index in [-0.39, 0.29) is 11.7 Å². The van der Waals surface area contributed by atoms with Crippen LogP contribution in [-0.2, 0) is 11.2 Å². The molecule has 0 bridgehead atoms. The van der Waals surface area contributed by atoms with Gasteiger partial charge in [0.05, 0.1) is 12.6 Å². The van der Waals surface area contributed by atoms with E-state index in [1.807, 2.05) is 53.2 Å². The second-order valence-electron chi connectivity index (χ2n) is 4.14. The van der Waals surface area contributed by atoms with Crippen LogP contribution in [0.5, 0.6) is 0 Å². The van der Waals surface area contributed by atoms with E-state index < -0.39 is 5.97 Å². The highest BCUT2D eigenvalue weighted by atomic mass is 127. The van der Waals surface area contributed by atoms with E-state index in [4.69, 9.17) is 9.15 Å². The van der Waals surface area contributed by atoms with E-state index in [0.29, 0.717) is 18.8 Å². The Balaban J connectivity index is 2.20. The first-order chi connectivity index (χ1) is 9.76. The highest BCUT2D eigenvalue weighted by Crippen LogP contribution is 2.23. The predicted molar refractivity (Wildman–Crippen MR) is 82.5 cm³/mol. The van der Waals surface area contributed by atoms with Gasteiger partial charge in [0.25, 0.3) is 0 Å². The van der Waals surface area contributed by atoms with Gasteiger partial charge in [0, 0.05) is 22.9 Å². The smallest absolute Gasteiger partial charge is 0.360 e. The lowest BCUT2D eigenvalue weighted by molar-refractivity contribution is 0.0516. The maximum absolute atomic E-state index is 11.8. The van der Waals surface area contributed by atoms with Gasteiger partial charge < -0.3 is 9.15 Å². The van der Waals surface area contributed by atoms with Crippen molar-refractivity contribution in [2.75, 3.05) is 6.61 Å². The Bertz CT molecular complexity index is 557. The quantitative estimate of drug-likeness (QED) is 0.470. The lowest BCUT2D eigenvalue weighted by Gasteiger charge is -2.13. The number of halogens is 1. The molecule has 0 fully saturated rings. The summed E-state index contributed by atoms with van der Waals surface area (Å²) >= 11 is 2.05. The number of esters is 1. The first-order valence-corrected chi connectivity index (χ1v) is 7.34. The van der Waals surface area contributed by atoms with Gasteiger partial charge >= 0.3 is 5.97 Å². The molecule has 2 rings (SSSR count). The number of oxazole rings is 1. The fourth-order valence-corrected chi connectivity index (χ4v) is 2.39. The minimum atomic E-state index is -0.457. The average molecular weight is 386 g/mol. The molecule has 1 heterocycles. The Labute approximate surface area is 131 Å². The summed E-state index contributed by atoms with van der Waals surface area (Å²) in [6.07, 6.45) is 1.97. The molecule has 0 aliphatic carbocycles. The first-order valence-electron chi connectivity index (χ1n) is 6.26. The van der Waals surface area contributed by atoms with Gasteiger partial charge in [0.1, 0.15) is 0 Å². The van der Waals surface area contributed by atoms with E-state index >= 15 is 0 Å². The lowest BCUT2D eigenvalue weighted by Crippen LogP contribution is -2.17. The molecule has 2 aromatic rings. The van der Waals surface area contributed by atoms with Crippen molar-refractivity contribution in [3.63, 3.8) is 0 Å². The van der Waals surface area contributed by atoms with Crippen LogP contribution in [-0.4, -0.2) is 17.6 Å². The Kier molecular flexibility index (Phi) is 5.54. The van der Waals surface area contributed by atoms with Gasteiger partial charge in [0.2, 0.25) is 0 Å². The van der Waals surface area contributed by atoms with Gasteiger partial charge in [0.15, 0.2) is 17.8 Å². The predicted octanol–water partition coefficient (Wildman–Crippen LogP) is 3.07. The summed E-state index contributed by atoms with van der Waals surface area (Å²) in [6, 6.07) is 9.84. The number of hydrogen-bond donors (Lipinski definition) is 1. The second kappa shape index (κ2) is 7.39. The molecule has 1 aromatic heterocycles. The van der Waals surface area contributed by atoms with Gasteiger partial charge in [-0.05, 0) is 18.9 Å². The van der Waals surface area contributed by atoms with Gasteiger partial charge in [-0.2, -0.15) is 0 Å². The summed E-state index contributed by atoms with van der Waals surface area (Å²) in [5.74, 6) is 0.0441. The molecule has 0 aliphatic heterocycles. The molecule has 0 amide bonds. The van der Waals surface area contributed by atoms with Gasteiger partial charge in [-0.25, -0.2) is 13.3 Å². The molecule has 5 nitrogen and oxygen atoms in total. The van der Waals surface area contributed by atoms with Crippen LogP contribution < -0.4 is 3.53 Å². The van der Waals surface area contributed by atoms with Crippen molar-refractivity contribution in [2.24, 2.45) is 0 Å². The molecular formula is C14H15IN2O3. The number of carbonyl (C=O) groups is 1. The molecule has 0 aliphatic rings. The third-order valence-electron chi connectivity index (χ3n) is 2.79. The number of carbonyl (C=O) groups excluding carboxylic acids is 1. The van der Waals surface area contributed by atoms with E-state index in [2.05, 4.69) is 8.51 Å². The number of hydrogen-bond acceptors (Lipinski definition) is 5. The van der Waals surface area contributed by atoms with Crippen LogP contribution in [0, 0.1) is 0 Å². The fraction of sp³-hybridized carbons (Fsp3) is 0.286. The molecule has 106 valence electrons. The third-order valence-corrected chi connectivity index (χ3v) is 3.55. The zero-order valence-electron chi connectivity index (χ0n) is 11.0. The van der Waals surface area contributed by atoms with Crippen molar-refractivity contribution in [3.8, 4) is 0 Å². The molecule has 0 saturated carbocycles. The minimum absolute atomic E-state index is 0.139. The molecule has 1 N–H and O–H groups in total. The summed E-state index contributed by atoms with van der Waals surface area (Å²) < 4.78 is 13.5. The van der Waals surface area contributed by atoms with Crippen LogP contribution >= 0.6 is 22.9 Å². The van der Waals surface area contributed by atoms with E-state index in [1.165, 1.54) is 6.39 Å². The molecule has 0 saturated heterocycles. The standard InChI is InChI=1S/C14H15IN2O3/c1-2-19-14(18)12-13(20-9-16-12)11(17-15)8-10-6-4-3-5-7-10/h3-7,9,11,17H,2,8H2,1H3/t11-/m0/s1. The average Bonchev–Trinajstić information content (AvgIpc) is 2.95. The molecule has 0 radical (unpaired) electrons. The molecule has 1 atom stereocenters. The number of nitrogens with one attached hydrogen (secondary N) is 1. The zero-order valence-corrected chi connectivity index (χ0v) is 13.2. The molecule has 6 heteroatoms. The van der Waals surface area contributed by atoms with Crippen LogP contribution in [0.3, 0.4) is 0 Å². The van der Waals surface area contributed by atoms with Gasteiger partial charge in [-0.15, -0.1) is 0 Å². The van der Waals surface area contributed by atoms with E-state index in [1.54, 1.807) is 6.92 Å².